The van der Waals surface area contributed by atoms with E-state index in [0.29, 0.717) is 6.04 Å². The van der Waals surface area contributed by atoms with E-state index in [1.807, 2.05) is 11.5 Å². The van der Waals surface area contributed by atoms with E-state index >= 15 is 0 Å². The lowest BCUT2D eigenvalue weighted by molar-refractivity contribution is 0.574. The maximum Gasteiger partial charge on any atom is 0.262 e. The summed E-state index contributed by atoms with van der Waals surface area (Å²) < 4.78 is 4.21. The van der Waals surface area contributed by atoms with Gasteiger partial charge in [-0.25, -0.2) is 4.98 Å². The van der Waals surface area contributed by atoms with Crippen LogP contribution in [0, 0.1) is 27.7 Å². The van der Waals surface area contributed by atoms with Gasteiger partial charge in [0.15, 0.2) is 0 Å². The second-order valence-electron chi connectivity index (χ2n) is 7.57. The molecule has 3 aromatic rings. The fourth-order valence-electron chi connectivity index (χ4n) is 4.19. The van der Waals surface area contributed by atoms with E-state index in [1.54, 1.807) is 11.3 Å². The molecule has 0 amide bonds. The number of aromatic nitrogens is 3. The molecule has 1 aliphatic rings. The molecular weight excluding hydrogens is 342 g/mol. The number of hydrogen-bond acceptors (Lipinski definition) is 3. The van der Waals surface area contributed by atoms with Crippen LogP contribution >= 0.6 is 11.3 Å². The average Bonchev–Trinajstić information content (AvgIpc) is 3.17. The smallest absolute Gasteiger partial charge is 0.262 e. The fourth-order valence-corrected chi connectivity index (χ4v) is 5.21. The zero-order valence-corrected chi connectivity index (χ0v) is 17.1. The third kappa shape index (κ3) is 2.41. The van der Waals surface area contributed by atoms with Gasteiger partial charge in [-0.15, -0.1) is 11.3 Å². The Labute approximate surface area is 157 Å². The fraction of sp³-hybridized carbons (Fsp3) is 0.429. The molecule has 0 fully saturated rings. The van der Waals surface area contributed by atoms with Gasteiger partial charge in [0, 0.05) is 28.9 Å². The summed E-state index contributed by atoms with van der Waals surface area (Å²) in [5.41, 5.74) is 6.13. The van der Waals surface area contributed by atoms with Gasteiger partial charge in [-0.1, -0.05) is 0 Å². The zero-order chi connectivity index (χ0) is 18.7. The minimum Gasteiger partial charge on any atom is -0.346 e. The molecule has 26 heavy (non-hydrogen) atoms. The summed E-state index contributed by atoms with van der Waals surface area (Å²) in [5.74, 6) is 0.845. The van der Waals surface area contributed by atoms with Gasteiger partial charge in [0.1, 0.15) is 10.7 Å². The molecule has 0 atom stereocenters. The lowest BCUT2D eigenvalue weighted by atomic mass is 10.1. The van der Waals surface area contributed by atoms with Crippen molar-refractivity contribution < 1.29 is 0 Å². The van der Waals surface area contributed by atoms with Crippen molar-refractivity contribution >= 4 is 33.2 Å². The molecule has 0 N–H and O–H groups in total. The van der Waals surface area contributed by atoms with Crippen LogP contribution in [0.1, 0.15) is 59.5 Å². The van der Waals surface area contributed by atoms with Gasteiger partial charge in [-0.3, -0.25) is 9.36 Å². The monoisotopic (exact) mass is 367 g/mol. The molecule has 4 rings (SSSR count). The Hall–Kier alpha value is -2.14. The summed E-state index contributed by atoms with van der Waals surface area (Å²) in [6.45, 7) is 13.6. The summed E-state index contributed by atoms with van der Waals surface area (Å²) in [4.78, 5) is 19.9. The van der Waals surface area contributed by atoms with Crippen LogP contribution in [-0.4, -0.2) is 14.1 Å². The van der Waals surface area contributed by atoms with Crippen LogP contribution < -0.4 is 5.56 Å². The van der Waals surface area contributed by atoms with Crippen LogP contribution in [0.4, 0.5) is 0 Å². The Balaban J connectivity index is 1.89. The van der Waals surface area contributed by atoms with Crippen molar-refractivity contribution in [3.05, 3.63) is 49.6 Å². The van der Waals surface area contributed by atoms with E-state index in [0.717, 1.165) is 40.1 Å². The average molecular weight is 368 g/mol. The van der Waals surface area contributed by atoms with Crippen LogP contribution in [0.15, 0.2) is 10.9 Å². The van der Waals surface area contributed by atoms with Crippen LogP contribution in [0.3, 0.4) is 0 Å². The molecule has 0 unspecified atom stereocenters. The molecule has 0 aromatic carbocycles. The van der Waals surface area contributed by atoms with E-state index in [9.17, 15) is 4.79 Å². The maximum absolute atomic E-state index is 13.0. The molecule has 0 aliphatic carbocycles. The van der Waals surface area contributed by atoms with Gasteiger partial charge < -0.3 is 4.57 Å². The molecule has 3 aromatic heterocycles. The number of allylic oxidation sites excluding steroid dienone is 1. The summed E-state index contributed by atoms with van der Waals surface area (Å²) in [6.07, 6.45) is 3.09. The molecule has 0 saturated carbocycles. The first-order chi connectivity index (χ1) is 12.3. The van der Waals surface area contributed by atoms with Crippen LogP contribution in [0.2, 0.25) is 0 Å². The molecule has 0 spiro atoms. The predicted octanol–water partition coefficient (Wildman–Crippen LogP) is 5.02. The van der Waals surface area contributed by atoms with Crippen LogP contribution in [0.5, 0.6) is 0 Å². The Morgan fingerprint density at radius 3 is 2.62 bits per heavy atom. The maximum atomic E-state index is 13.0. The number of fused-ring (bicyclic) bond motifs is 2. The number of rotatable bonds is 2. The summed E-state index contributed by atoms with van der Waals surface area (Å²) in [5, 5.41) is 0.801. The number of nitrogens with zero attached hydrogens (tertiary/aromatic N) is 3. The minimum atomic E-state index is 0.114. The summed E-state index contributed by atoms with van der Waals surface area (Å²) in [7, 11) is 0. The molecule has 4 heterocycles. The van der Waals surface area contributed by atoms with E-state index in [1.165, 1.54) is 21.8 Å². The number of aryl methyl sites for hydroxylation is 3. The van der Waals surface area contributed by atoms with Gasteiger partial charge >= 0.3 is 0 Å². The van der Waals surface area contributed by atoms with Gasteiger partial charge in [0.05, 0.1) is 5.39 Å². The Morgan fingerprint density at radius 2 is 1.96 bits per heavy atom. The van der Waals surface area contributed by atoms with E-state index in [-0.39, 0.29) is 5.56 Å². The molecule has 5 heteroatoms. The predicted molar refractivity (Wildman–Crippen MR) is 110 cm³/mol. The largest absolute Gasteiger partial charge is 0.346 e. The van der Waals surface area contributed by atoms with Crippen LogP contribution in [0.25, 0.3) is 21.9 Å². The number of thiophene rings is 1. The first-order valence-electron chi connectivity index (χ1n) is 9.19. The number of hydrogen-bond donors (Lipinski definition) is 0. The quantitative estimate of drug-likeness (QED) is 0.638. The molecule has 1 aliphatic heterocycles. The minimum absolute atomic E-state index is 0.114. The second kappa shape index (κ2) is 5.95. The van der Waals surface area contributed by atoms with Crippen molar-refractivity contribution in [1.82, 2.24) is 14.1 Å². The first-order valence-corrected chi connectivity index (χ1v) is 10.0. The zero-order valence-electron chi connectivity index (χ0n) is 16.3. The first kappa shape index (κ1) is 17.3. The van der Waals surface area contributed by atoms with Gasteiger partial charge in [0.25, 0.3) is 5.56 Å². The van der Waals surface area contributed by atoms with Gasteiger partial charge in [-0.05, 0) is 76.8 Å². The molecule has 0 bridgehead atoms. The van der Waals surface area contributed by atoms with E-state index in [2.05, 4.69) is 51.3 Å². The Kier molecular flexibility index (Phi) is 3.95. The summed E-state index contributed by atoms with van der Waals surface area (Å²) >= 11 is 1.63. The highest BCUT2D eigenvalue weighted by Gasteiger charge is 2.23. The van der Waals surface area contributed by atoms with Gasteiger partial charge in [-0.2, -0.15) is 0 Å². The van der Waals surface area contributed by atoms with Crippen LogP contribution in [-0.2, 0) is 6.54 Å². The normalized spacial score (nSPS) is 15.6. The van der Waals surface area contributed by atoms with Crippen molar-refractivity contribution in [2.45, 2.75) is 60.5 Å². The SMILES string of the molecule is Cc1sc2nc3n(c(=O)c2c1C)CC/C3=C\c1cc(C)n(C(C)C)c1C. The van der Waals surface area contributed by atoms with Crippen molar-refractivity contribution in [3.8, 4) is 0 Å². The lowest BCUT2D eigenvalue weighted by Crippen LogP contribution is -2.20. The van der Waals surface area contributed by atoms with Crippen molar-refractivity contribution in [2.24, 2.45) is 0 Å². The van der Waals surface area contributed by atoms with E-state index in [4.69, 9.17) is 4.98 Å². The highest BCUT2D eigenvalue weighted by molar-refractivity contribution is 7.18. The molecule has 0 saturated heterocycles. The Morgan fingerprint density at radius 1 is 1.23 bits per heavy atom. The third-order valence-electron chi connectivity index (χ3n) is 5.55. The highest BCUT2D eigenvalue weighted by Crippen LogP contribution is 2.33. The van der Waals surface area contributed by atoms with Crippen molar-refractivity contribution in [1.29, 1.82) is 0 Å². The Bertz CT molecular complexity index is 1120. The standard InChI is InChI=1S/C21H25N3OS/c1-11(2)24-12(3)9-17(14(24)5)10-16-7-8-23-19(16)22-20-18(21(23)25)13(4)15(6)26-20/h9-11H,7-8H2,1-6H3/b16-10+. The summed E-state index contributed by atoms with van der Waals surface area (Å²) in [6, 6.07) is 2.68. The molecule has 4 nitrogen and oxygen atoms in total. The molecular formula is C21H25N3OS. The molecule has 136 valence electrons. The van der Waals surface area contributed by atoms with Crippen molar-refractivity contribution in [2.75, 3.05) is 0 Å². The second-order valence-corrected chi connectivity index (χ2v) is 8.77. The van der Waals surface area contributed by atoms with Gasteiger partial charge in [0.2, 0.25) is 0 Å². The van der Waals surface area contributed by atoms with E-state index < -0.39 is 0 Å². The van der Waals surface area contributed by atoms with Crippen molar-refractivity contribution in [3.63, 3.8) is 0 Å². The topological polar surface area (TPSA) is 39.8 Å². The highest BCUT2D eigenvalue weighted by atomic mass is 32.1. The lowest BCUT2D eigenvalue weighted by Gasteiger charge is -2.13. The third-order valence-corrected chi connectivity index (χ3v) is 6.65. The molecule has 0 radical (unpaired) electrons.